The zero-order valence-electron chi connectivity index (χ0n) is 31.8. The molecule has 1 saturated heterocycles. The van der Waals surface area contributed by atoms with Gasteiger partial charge in [0, 0.05) is 41.0 Å². The van der Waals surface area contributed by atoms with Gasteiger partial charge in [-0.3, -0.25) is 32.5 Å². The number of phosphoric acid groups is 3. The van der Waals surface area contributed by atoms with Crippen LogP contribution in [0.1, 0.15) is 32.1 Å². The molecule has 3 aromatic rings. The molecular formula is C31H45IN7O17P3S. The Hall–Kier alpha value is -2.49. The highest BCUT2D eigenvalue weighted by Gasteiger charge is 2.50. The number of nitrogens with zero attached hydrogens (tertiary/aromatic N) is 4. The smallest absolute Gasteiger partial charge is 0.386 e. The first-order valence-electron chi connectivity index (χ1n) is 17.7. The maximum atomic E-state index is 12.7. The molecule has 24 nitrogen and oxygen atoms in total. The number of carbonyl (C=O) groups is 3. The molecule has 3 heterocycles. The molecule has 1 aliphatic rings. The van der Waals surface area contributed by atoms with Crippen LogP contribution in [0, 0.1) is 11.3 Å². The number of imidazole rings is 1. The first-order chi connectivity index (χ1) is 28.0. The molecule has 0 bridgehead atoms. The number of nitrogens with one attached hydrogen (secondary N) is 2. The number of halogens is 1. The molecule has 10 N–H and O–H groups in total. The monoisotopic (exact) mass is 1040 g/mol. The molecule has 4 rings (SSSR count). The first-order valence-corrected chi connectivity index (χ1v) is 24.7. The van der Waals surface area contributed by atoms with Gasteiger partial charge in [0.15, 0.2) is 22.8 Å². The standard InChI is InChI=1S/C31H45IN7O17P3S/c1-31(2,25(42)28(43)35-9-8-21(40)34-10-11-60-30(44)19(13-32)12-18-6-4-3-5-7-18)15-53-59(50,51)56-58(48,49)52-14-20-24(55-57(45,46)47)23(41)29(54-20)39-17-38-22-26(33)36-16-37-27(22)39/h3-7,16-17,19-20,23-25,29,41-42H,8-15H2,1-2H3,(H,34,40)(H,35,43)(H,48,49)(H,50,51)(H2,33,36,37)(H2,45,46,47). The number of amides is 2. The van der Waals surface area contributed by atoms with Crippen LogP contribution in [-0.2, 0) is 57.1 Å². The predicted molar refractivity (Wildman–Crippen MR) is 220 cm³/mol. The van der Waals surface area contributed by atoms with Gasteiger partial charge in [-0.1, -0.05) is 78.5 Å². The topological polar surface area (TPSA) is 364 Å². The Kier molecular flexibility index (Phi) is 18.2. The quantitative estimate of drug-likeness (QED) is 0.0276. The van der Waals surface area contributed by atoms with Crippen molar-refractivity contribution in [1.29, 1.82) is 0 Å². The maximum absolute atomic E-state index is 12.7. The average molecular weight is 1040 g/mol. The van der Waals surface area contributed by atoms with Gasteiger partial charge in [-0.2, -0.15) is 4.31 Å². The van der Waals surface area contributed by atoms with Gasteiger partial charge < -0.3 is 50.9 Å². The number of anilines is 1. The summed E-state index contributed by atoms with van der Waals surface area (Å²) in [6.07, 6.45) is -6.32. The minimum absolute atomic E-state index is 0.0134. The number of benzene rings is 1. The summed E-state index contributed by atoms with van der Waals surface area (Å²) in [5.74, 6) is -1.29. The Morgan fingerprint density at radius 2 is 1.72 bits per heavy atom. The van der Waals surface area contributed by atoms with E-state index in [1.165, 1.54) is 13.8 Å². The number of aliphatic hydroxyl groups is 2. The summed E-state index contributed by atoms with van der Waals surface area (Å²) in [5.41, 5.74) is 5.32. The van der Waals surface area contributed by atoms with Crippen LogP contribution in [0.3, 0.4) is 0 Å². The third-order valence-electron chi connectivity index (χ3n) is 8.59. The number of ether oxygens (including phenoxy) is 1. The van der Waals surface area contributed by atoms with Crippen LogP contribution in [0.25, 0.3) is 11.2 Å². The largest absolute Gasteiger partial charge is 0.481 e. The van der Waals surface area contributed by atoms with E-state index in [-0.39, 0.29) is 47.5 Å². The lowest BCUT2D eigenvalue weighted by Crippen LogP contribution is -2.46. The van der Waals surface area contributed by atoms with Gasteiger partial charge in [-0.05, 0) is 12.0 Å². The van der Waals surface area contributed by atoms with Gasteiger partial charge in [0.1, 0.15) is 36.3 Å². The minimum Gasteiger partial charge on any atom is -0.386 e. The number of aliphatic hydroxyl groups excluding tert-OH is 2. The van der Waals surface area contributed by atoms with E-state index < -0.39 is 84.6 Å². The lowest BCUT2D eigenvalue weighted by molar-refractivity contribution is -0.137. The van der Waals surface area contributed by atoms with E-state index in [9.17, 15) is 57.9 Å². The number of carbonyl (C=O) groups excluding carboxylic acids is 3. The molecule has 60 heavy (non-hydrogen) atoms. The average Bonchev–Trinajstić information content (AvgIpc) is 3.73. The SMILES string of the molecule is CC(C)(COP(=O)(O)OP(=O)(O)OCC1OC(n2cnc3c(N)ncnc32)C(O)C1OP(=O)(O)O)C(O)C(=O)NCCC(=O)NCCSC(=O)C(CI)Cc1ccccc1. The fraction of sp³-hybridized carbons (Fsp3) is 0.548. The molecule has 1 aliphatic heterocycles. The van der Waals surface area contributed by atoms with Crippen molar-refractivity contribution in [2.75, 3.05) is 42.2 Å². The Labute approximate surface area is 360 Å². The van der Waals surface area contributed by atoms with E-state index in [4.69, 9.17) is 19.5 Å². The van der Waals surface area contributed by atoms with E-state index in [0.29, 0.717) is 16.6 Å². The molecule has 2 amide bonds. The van der Waals surface area contributed by atoms with Crippen molar-refractivity contribution in [3.05, 3.63) is 48.5 Å². The Bertz CT molecular complexity index is 2100. The van der Waals surface area contributed by atoms with Crippen molar-refractivity contribution in [2.24, 2.45) is 11.3 Å². The number of hydrogen-bond acceptors (Lipinski definition) is 18. The summed E-state index contributed by atoms with van der Waals surface area (Å²) in [5, 5.41) is 26.5. The fourth-order valence-corrected chi connectivity index (χ4v) is 10.1. The second-order valence-corrected chi connectivity index (χ2v) is 20.0. The lowest BCUT2D eigenvalue weighted by atomic mass is 9.87. The second-order valence-electron chi connectivity index (χ2n) is 13.8. The summed E-state index contributed by atoms with van der Waals surface area (Å²) in [6, 6.07) is 9.63. The van der Waals surface area contributed by atoms with Crippen molar-refractivity contribution < 1.29 is 80.5 Å². The number of rotatable bonds is 23. The zero-order valence-corrected chi connectivity index (χ0v) is 37.5. The van der Waals surface area contributed by atoms with Crippen LogP contribution < -0.4 is 16.4 Å². The van der Waals surface area contributed by atoms with Crippen molar-refractivity contribution in [1.82, 2.24) is 30.2 Å². The van der Waals surface area contributed by atoms with Gasteiger partial charge in [0.05, 0.1) is 19.5 Å². The zero-order chi connectivity index (χ0) is 44.5. The normalized spacial score (nSPS) is 21.5. The number of aromatic nitrogens is 4. The van der Waals surface area contributed by atoms with E-state index in [1.54, 1.807) is 0 Å². The van der Waals surface area contributed by atoms with Crippen LogP contribution in [0.4, 0.5) is 5.82 Å². The predicted octanol–water partition coefficient (Wildman–Crippen LogP) is 0.959. The van der Waals surface area contributed by atoms with E-state index >= 15 is 0 Å². The number of alkyl halides is 1. The molecule has 8 unspecified atom stereocenters. The van der Waals surface area contributed by atoms with Crippen molar-refractivity contribution in [3.8, 4) is 0 Å². The number of phosphoric ester groups is 3. The van der Waals surface area contributed by atoms with Crippen LogP contribution in [0.15, 0.2) is 43.0 Å². The van der Waals surface area contributed by atoms with Crippen molar-refractivity contribution >= 4 is 91.7 Å². The van der Waals surface area contributed by atoms with E-state index in [2.05, 4.69) is 57.0 Å². The van der Waals surface area contributed by atoms with Crippen LogP contribution in [0.2, 0.25) is 0 Å². The number of hydrogen-bond donors (Lipinski definition) is 9. The summed E-state index contributed by atoms with van der Waals surface area (Å²) in [7, 11) is -16.4. The highest BCUT2D eigenvalue weighted by Crippen LogP contribution is 2.61. The van der Waals surface area contributed by atoms with Crippen molar-refractivity contribution in [3.63, 3.8) is 0 Å². The lowest BCUT2D eigenvalue weighted by Gasteiger charge is -2.30. The molecular weight excluding hydrogens is 994 g/mol. The fourth-order valence-electron chi connectivity index (χ4n) is 5.50. The molecule has 8 atom stereocenters. The third-order valence-corrected chi connectivity index (χ3v) is 13.8. The molecule has 1 fully saturated rings. The molecule has 29 heteroatoms. The molecule has 0 radical (unpaired) electrons. The van der Waals surface area contributed by atoms with Crippen molar-refractivity contribution in [2.45, 2.75) is 57.3 Å². The highest BCUT2D eigenvalue weighted by molar-refractivity contribution is 14.1. The van der Waals surface area contributed by atoms with Crippen LogP contribution in [-0.4, -0.2) is 127 Å². The van der Waals surface area contributed by atoms with Crippen LogP contribution >= 0.6 is 57.8 Å². The molecule has 0 aliphatic carbocycles. The molecule has 0 spiro atoms. The first kappa shape index (κ1) is 50.2. The van der Waals surface area contributed by atoms with Gasteiger partial charge in [-0.25, -0.2) is 28.6 Å². The number of nitrogen functional groups attached to an aromatic ring is 1. The summed E-state index contributed by atoms with van der Waals surface area (Å²) in [6.45, 7) is 0.487. The Morgan fingerprint density at radius 3 is 2.38 bits per heavy atom. The molecule has 1 aromatic carbocycles. The molecule has 334 valence electrons. The number of thioether (sulfide) groups is 1. The maximum Gasteiger partial charge on any atom is 0.481 e. The minimum atomic E-state index is -5.58. The van der Waals surface area contributed by atoms with Crippen LogP contribution in [0.5, 0.6) is 0 Å². The van der Waals surface area contributed by atoms with E-state index in [1.807, 2.05) is 30.3 Å². The second kappa shape index (κ2) is 21.7. The highest BCUT2D eigenvalue weighted by atomic mass is 127. The van der Waals surface area contributed by atoms with Gasteiger partial charge in [0.2, 0.25) is 11.8 Å². The number of fused-ring (bicyclic) bond motifs is 1. The summed E-state index contributed by atoms with van der Waals surface area (Å²) < 4.78 is 62.9. The van der Waals surface area contributed by atoms with Gasteiger partial charge in [-0.15, -0.1) is 0 Å². The third kappa shape index (κ3) is 14.8. The summed E-state index contributed by atoms with van der Waals surface area (Å²) in [4.78, 5) is 88.6. The summed E-state index contributed by atoms with van der Waals surface area (Å²) >= 11 is 3.29. The Balaban J connectivity index is 1.20. The van der Waals surface area contributed by atoms with Gasteiger partial charge >= 0.3 is 23.5 Å². The number of nitrogens with two attached hydrogens (primary N) is 1. The molecule has 0 saturated carbocycles. The molecule has 2 aromatic heterocycles. The van der Waals surface area contributed by atoms with E-state index in [0.717, 1.165) is 34.5 Å². The van der Waals surface area contributed by atoms with Gasteiger partial charge in [0.25, 0.3) is 0 Å². The Morgan fingerprint density at radius 1 is 1.03 bits per heavy atom.